The monoisotopic (exact) mass is 486 g/mol. The number of nitrogens with one attached hydrogen (secondary N) is 1. The van der Waals surface area contributed by atoms with Crippen molar-refractivity contribution in [3.05, 3.63) is 89.7 Å². The van der Waals surface area contributed by atoms with E-state index in [9.17, 15) is 22.4 Å². The Kier molecular flexibility index (Phi) is 7.85. The summed E-state index contributed by atoms with van der Waals surface area (Å²) in [6, 6.07) is 18.3. The highest BCUT2D eigenvalue weighted by molar-refractivity contribution is 7.92. The number of hydrogen-bond donors (Lipinski definition) is 1. The van der Waals surface area contributed by atoms with Crippen LogP contribution in [0.25, 0.3) is 0 Å². The predicted molar refractivity (Wildman–Crippen MR) is 126 cm³/mol. The first kappa shape index (κ1) is 24.7. The van der Waals surface area contributed by atoms with E-state index in [0.717, 1.165) is 10.6 Å². The Bertz CT molecular complexity index is 1280. The standard InChI is InChI=1S/C24H23FN2O6S/c1-32-24(29)20-8-4-6-10-22(20)26-23(28)16-33-19-13-11-18(12-14-19)27(34(2,30)31)15-17-7-3-5-9-21(17)25/h3-14H,15-16H2,1-2H3,(H,26,28). The van der Waals surface area contributed by atoms with E-state index in [0.29, 0.717) is 11.4 Å². The molecule has 0 radical (unpaired) electrons. The van der Waals surface area contributed by atoms with Gasteiger partial charge in [0, 0.05) is 5.56 Å². The molecule has 1 N–H and O–H groups in total. The molecule has 0 aliphatic carbocycles. The van der Waals surface area contributed by atoms with Crippen LogP contribution in [-0.2, 0) is 26.1 Å². The number of benzene rings is 3. The molecule has 8 nitrogen and oxygen atoms in total. The molecule has 0 bridgehead atoms. The van der Waals surface area contributed by atoms with E-state index in [4.69, 9.17) is 9.47 Å². The number of anilines is 2. The Hall–Kier alpha value is -3.92. The van der Waals surface area contributed by atoms with Crippen molar-refractivity contribution in [2.24, 2.45) is 0 Å². The van der Waals surface area contributed by atoms with Crippen molar-refractivity contribution in [3.63, 3.8) is 0 Å². The molecule has 3 aromatic carbocycles. The summed E-state index contributed by atoms with van der Waals surface area (Å²) < 4.78 is 49.9. The minimum Gasteiger partial charge on any atom is -0.484 e. The van der Waals surface area contributed by atoms with Gasteiger partial charge in [0.1, 0.15) is 11.6 Å². The third kappa shape index (κ3) is 6.32. The van der Waals surface area contributed by atoms with Crippen LogP contribution in [0.1, 0.15) is 15.9 Å². The van der Waals surface area contributed by atoms with Crippen molar-refractivity contribution in [3.8, 4) is 5.75 Å². The van der Waals surface area contributed by atoms with Crippen LogP contribution in [0.15, 0.2) is 72.8 Å². The van der Waals surface area contributed by atoms with Gasteiger partial charge in [0.15, 0.2) is 6.61 Å². The lowest BCUT2D eigenvalue weighted by atomic mass is 10.2. The number of carbonyl (C=O) groups is 2. The molecule has 0 saturated carbocycles. The van der Waals surface area contributed by atoms with E-state index in [1.54, 1.807) is 24.3 Å². The van der Waals surface area contributed by atoms with Crippen LogP contribution in [0.5, 0.6) is 5.75 Å². The molecule has 0 unspecified atom stereocenters. The minimum absolute atomic E-state index is 0.173. The number of hydrogen-bond acceptors (Lipinski definition) is 6. The highest BCUT2D eigenvalue weighted by Gasteiger charge is 2.20. The summed E-state index contributed by atoms with van der Waals surface area (Å²) in [5, 5.41) is 2.59. The van der Waals surface area contributed by atoms with Crippen molar-refractivity contribution in [2.75, 3.05) is 29.6 Å². The Morgan fingerprint density at radius 1 is 0.971 bits per heavy atom. The molecule has 3 rings (SSSR count). The van der Waals surface area contributed by atoms with Crippen LogP contribution in [0.4, 0.5) is 15.8 Å². The third-order valence-corrected chi connectivity index (χ3v) is 5.91. The van der Waals surface area contributed by atoms with Gasteiger partial charge in [0.2, 0.25) is 10.0 Å². The van der Waals surface area contributed by atoms with Gasteiger partial charge in [-0.25, -0.2) is 17.6 Å². The fraction of sp³-hybridized carbons (Fsp3) is 0.167. The van der Waals surface area contributed by atoms with Gasteiger partial charge in [-0.2, -0.15) is 0 Å². The van der Waals surface area contributed by atoms with E-state index >= 15 is 0 Å². The maximum Gasteiger partial charge on any atom is 0.339 e. The van der Waals surface area contributed by atoms with E-state index in [1.165, 1.54) is 55.6 Å². The lowest BCUT2D eigenvalue weighted by molar-refractivity contribution is -0.118. The van der Waals surface area contributed by atoms with E-state index < -0.39 is 27.7 Å². The van der Waals surface area contributed by atoms with Gasteiger partial charge in [-0.15, -0.1) is 0 Å². The Labute approximate surface area is 197 Å². The van der Waals surface area contributed by atoms with Crippen LogP contribution in [-0.4, -0.2) is 40.3 Å². The summed E-state index contributed by atoms with van der Waals surface area (Å²) in [4.78, 5) is 24.1. The lowest BCUT2D eigenvalue weighted by Gasteiger charge is -2.23. The summed E-state index contributed by atoms with van der Waals surface area (Å²) in [5.41, 5.74) is 1.04. The number of halogens is 1. The minimum atomic E-state index is -3.70. The highest BCUT2D eigenvalue weighted by atomic mass is 32.2. The molecular weight excluding hydrogens is 463 g/mol. The molecule has 34 heavy (non-hydrogen) atoms. The lowest BCUT2D eigenvalue weighted by Crippen LogP contribution is -2.29. The molecule has 0 fully saturated rings. The largest absolute Gasteiger partial charge is 0.484 e. The molecular formula is C24H23FN2O6S. The zero-order valence-electron chi connectivity index (χ0n) is 18.5. The van der Waals surface area contributed by atoms with Crippen LogP contribution >= 0.6 is 0 Å². The summed E-state index contributed by atoms with van der Waals surface area (Å²) in [6.07, 6.45) is 1.04. The maximum atomic E-state index is 14.0. The van der Waals surface area contributed by atoms with Gasteiger partial charge < -0.3 is 14.8 Å². The zero-order valence-corrected chi connectivity index (χ0v) is 19.3. The predicted octanol–water partition coefficient (Wildman–Crippen LogP) is 3.60. The summed E-state index contributed by atoms with van der Waals surface area (Å²) in [5.74, 6) is -1.27. The van der Waals surface area contributed by atoms with Gasteiger partial charge in [-0.1, -0.05) is 30.3 Å². The number of ether oxygens (including phenoxy) is 2. The van der Waals surface area contributed by atoms with Crippen molar-refractivity contribution in [1.29, 1.82) is 0 Å². The molecule has 0 aliphatic rings. The Morgan fingerprint density at radius 2 is 1.62 bits per heavy atom. The zero-order chi connectivity index (χ0) is 24.7. The van der Waals surface area contributed by atoms with Gasteiger partial charge in [0.05, 0.1) is 36.8 Å². The van der Waals surface area contributed by atoms with E-state index in [1.807, 2.05) is 0 Å². The van der Waals surface area contributed by atoms with Crippen molar-refractivity contribution in [1.82, 2.24) is 0 Å². The molecule has 178 valence electrons. The molecule has 0 saturated heterocycles. The van der Waals surface area contributed by atoms with Crippen LogP contribution in [0.2, 0.25) is 0 Å². The SMILES string of the molecule is COC(=O)c1ccccc1NC(=O)COc1ccc(N(Cc2ccccc2F)S(C)(=O)=O)cc1. The number of rotatable bonds is 9. The number of esters is 1. The fourth-order valence-corrected chi connectivity index (χ4v) is 3.98. The van der Waals surface area contributed by atoms with Crippen LogP contribution < -0.4 is 14.4 Å². The van der Waals surface area contributed by atoms with Crippen molar-refractivity contribution in [2.45, 2.75) is 6.54 Å². The average Bonchev–Trinajstić information content (AvgIpc) is 2.82. The smallest absolute Gasteiger partial charge is 0.339 e. The van der Waals surface area contributed by atoms with Crippen LogP contribution in [0.3, 0.4) is 0 Å². The Balaban J connectivity index is 1.66. The summed E-state index contributed by atoms with van der Waals surface area (Å²) in [6.45, 7) is -0.520. The number of amides is 1. The second-order valence-electron chi connectivity index (χ2n) is 7.23. The molecule has 0 aliphatic heterocycles. The number of sulfonamides is 1. The Morgan fingerprint density at radius 3 is 2.26 bits per heavy atom. The molecule has 0 atom stereocenters. The number of nitrogens with zero attached hydrogens (tertiary/aromatic N) is 1. The fourth-order valence-electron chi connectivity index (χ4n) is 3.11. The molecule has 3 aromatic rings. The second kappa shape index (κ2) is 10.8. The normalized spacial score (nSPS) is 10.9. The molecule has 0 aromatic heterocycles. The first-order chi connectivity index (χ1) is 16.2. The first-order valence-corrected chi connectivity index (χ1v) is 11.9. The van der Waals surface area contributed by atoms with Gasteiger partial charge >= 0.3 is 5.97 Å². The van der Waals surface area contributed by atoms with Gasteiger partial charge in [0.25, 0.3) is 5.91 Å². The molecule has 0 spiro atoms. The third-order valence-electron chi connectivity index (χ3n) is 4.77. The average molecular weight is 487 g/mol. The number of methoxy groups -OCH3 is 1. The highest BCUT2D eigenvalue weighted by Crippen LogP contribution is 2.24. The van der Waals surface area contributed by atoms with Crippen molar-refractivity contribution < 1.29 is 31.9 Å². The first-order valence-electron chi connectivity index (χ1n) is 10.1. The van der Waals surface area contributed by atoms with E-state index in [2.05, 4.69) is 5.32 Å². The van der Waals surface area contributed by atoms with E-state index in [-0.39, 0.29) is 30.0 Å². The molecule has 0 heterocycles. The molecule has 1 amide bonds. The van der Waals surface area contributed by atoms with Gasteiger partial charge in [-0.3, -0.25) is 9.10 Å². The summed E-state index contributed by atoms with van der Waals surface area (Å²) >= 11 is 0. The molecule has 10 heteroatoms. The van der Waals surface area contributed by atoms with Crippen LogP contribution in [0, 0.1) is 5.82 Å². The number of carbonyl (C=O) groups excluding carboxylic acids is 2. The quantitative estimate of drug-likeness (QED) is 0.464. The number of para-hydroxylation sites is 1. The second-order valence-corrected chi connectivity index (χ2v) is 9.14. The summed E-state index contributed by atoms with van der Waals surface area (Å²) in [7, 11) is -2.45. The van der Waals surface area contributed by atoms with Crippen molar-refractivity contribution >= 4 is 33.3 Å². The topological polar surface area (TPSA) is 102 Å². The van der Waals surface area contributed by atoms with Gasteiger partial charge in [-0.05, 0) is 42.5 Å². The maximum absolute atomic E-state index is 14.0.